The van der Waals surface area contributed by atoms with E-state index in [9.17, 15) is 9.59 Å². The van der Waals surface area contributed by atoms with E-state index in [1.807, 2.05) is 11.0 Å². The molecule has 0 bridgehead atoms. The second-order valence-corrected chi connectivity index (χ2v) is 7.43. The van der Waals surface area contributed by atoms with Crippen molar-refractivity contribution < 1.29 is 19.1 Å². The molecule has 1 N–H and O–H groups in total. The molecule has 1 aliphatic rings. The number of carbonyl (C=O) groups is 2. The standard InChI is InChI=1S/C21H23BrN2O4/c1-27-11-12-28-19-8-7-16(22)14-18(19)20(25)23-17-6-4-5-15(13-17)21(26)24-9-2-3-10-24/h4-8,13-14H,2-3,9-12H2,1H3,(H,23,25). The van der Waals surface area contributed by atoms with Gasteiger partial charge in [0.05, 0.1) is 12.2 Å². The van der Waals surface area contributed by atoms with Crippen LogP contribution in [0.25, 0.3) is 0 Å². The lowest BCUT2D eigenvalue weighted by molar-refractivity contribution is 0.0792. The van der Waals surface area contributed by atoms with Crippen LogP contribution in [-0.2, 0) is 4.74 Å². The fourth-order valence-electron chi connectivity index (χ4n) is 3.07. The van der Waals surface area contributed by atoms with Gasteiger partial charge in [0.1, 0.15) is 12.4 Å². The van der Waals surface area contributed by atoms with E-state index < -0.39 is 0 Å². The van der Waals surface area contributed by atoms with Crippen molar-refractivity contribution in [2.75, 3.05) is 38.7 Å². The average molecular weight is 447 g/mol. The van der Waals surface area contributed by atoms with Gasteiger partial charge in [-0.1, -0.05) is 22.0 Å². The van der Waals surface area contributed by atoms with Gasteiger partial charge >= 0.3 is 0 Å². The Balaban J connectivity index is 1.75. The lowest BCUT2D eigenvalue weighted by Crippen LogP contribution is -2.27. The van der Waals surface area contributed by atoms with E-state index in [1.54, 1.807) is 43.5 Å². The van der Waals surface area contributed by atoms with Gasteiger partial charge in [-0.05, 0) is 49.2 Å². The quantitative estimate of drug-likeness (QED) is 0.653. The molecule has 2 aromatic rings. The van der Waals surface area contributed by atoms with Gasteiger partial charge in [-0.15, -0.1) is 0 Å². The number of likely N-dealkylation sites (tertiary alicyclic amines) is 1. The molecule has 2 amide bonds. The molecule has 0 aliphatic carbocycles. The van der Waals surface area contributed by atoms with Crippen LogP contribution >= 0.6 is 15.9 Å². The molecular formula is C21H23BrN2O4. The van der Waals surface area contributed by atoms with Crippen molar-refractivity contribution in [3.63, 3.8) is 0 Å². The highest BCUT2D eigenvalue weighted by atomic mass is 79.9. The predicted molar refractivity (Wildman–Crippen MR) is 111 cm³/mol. The summed E-state index contributed by atoms with van der Waals surface area (Å²) in [4.78, 5) is 27.2. The second-order valence-electron chi connectivity index (χ2n) is 6.52. The first-order chi connectivity index (χ1) is 13.6. The van der Waals surface area contributed by atoms with E-state index in [-0.39, 0.29) is 11.8 Å². The van der Waals surface area contributed by atoms with Crippen LogP contribution in [0.5, 0.6) is 5.75 Å². The largest absolute Gasteiger partial charge is 0.490 e. The van der Waals surface area contributed by atoms with Gasteiger partial charge < -0.3 is 19.7 Å². The second kappa shape index (κ2) is 9.71. The van der Waals surface area contributed by atoms with Crippen LogP contribution in [0.3, 0.4) is 0 Å². The summed E-state index contributed by atoms with van der Waals surface area (Å²) in [6, 6.07) is 12.3. The van der Waals surface area contributed by atoms with Crippen molar-refractivity contribution >= 4 is 33.4 Å². The molecular weight excluding hydrogens is 424 g/mol. The normalized spacial score (nSPS) is 13.4. The molecule has 0 unspecified atom stereocenters. The summed E-state index contributed by atoms with van der Waals surface area (Å²) in [6.45, 7) is 2.35. The number of halogens is 1. The first-order valence-electron chi connectivity index (χ1n) is 9.20. The summed E-state index contributed by atoms with van der Waals surface area (Å²) in [5.41, 5.74) is 1.55. The van der Waals surface area contributed by atoms with Gasteiger partial charge in [-0.2, -0.15) is 0 Å². The molecule has 7 heteroatoms. The number of carbonyl (C=O) groups excluding carboxylic acids is 2. The molecule has 2 aromatic carbocycles. The first kappa shape index (κ1) is 20.4. The highest BCUT2D eigenvalue weighted by Gasteiger charge is 2.20. The average Bonchev–Trinajstić information content (AvgIpc) is 3.23. The molecule has 1 heterocycles. The minimum absolute atomic E-state index is 0.000331. The minimum atomic E-state index is -0.306. The molecule has 0 saturated carbocycles. The Kier molecular flexibility index (Phi) is 7.06. The van der Waals surface area contributed by atoms with Crippen LogP contribution < -0.4 is 10.1 Å². The van der Waals surface area contributed by atoms with E-state index in [1.165, 1.54) is 0 Å². The summed E-state index contributed by atoms with van der Waals surface area (Å²) >= 11 is 3.39. The summed E-state index contributed by atoms with van der Waals surface area (Å²) in [5, 5.41) is 2.86. The maximum absolute atomic E-state index is 12.8. The number of nitrogens with zero attached hydrogens (tertiary/aromatic N) is 1. The summed E-state index contributed by atoms with van der Waals surface area (Å²) in [6.07, 6.45) is 2.08. The van der Waals surface area contributed by atoms with Crippen molar-refractivity contribution in [1.82, 2.24) is 4.90 Å². The number of nitrogens with one attached hydrogen (secondary N) is 1. The maximum Gasteiger partial charge on any atom is 0.259 e. The molecule has 148 valence electrons. The highest BCUT2D eigenvalue weighted by Crippen LogP contribution is 2.25. The van der Waals surface area contributed by atoms with E-state index in [2.05, 4.69) is 21.2 Å². The van der Waals surface area contributed by atoms with Crippen LogP contribution in [-0.4, -0.2) is 50.1 Å². The molecule has 0 spiro atoms. The van der Waals surface area contributed by atoms with Crippen molar-refractivity contribution in [2.45, 2.75) is 12.8 Å². The molecule has 1 saturated heterocycles. The van der Waals surface area contributed by atoms with E-state index in [0.717, 1.165) is 30.4 Å². The molecule has 0 atom stereocenters. The molecule has 1 aliphatic heterocycles. The number of anilines is 1. The highest BCUT2D eigenvalue weighted by molar-refractivity contribution is 9.10. The van der Waals surface area contributed by atoms with Crippen molar-refractivity contribution in [3.05, 3.63) is 58.1 Å². The first-order valence-corrected chi connectivity index (χ1v) is 10.00. The van der Waals surface area contributed by atoms with Gasteiger partial charge in [0.15, 0.2) is 0 Å². The van der Waals surface area contributed by atoms with Crippen molar-refractivity contribution in [3.8, 4) is 5.75 Å². The number of amides is 2. The number of hydrogen-bond donors (Lipinski definition) is 1. The predicted octanol–water partition coefficient (Wildman–Crippen LogP) is 3.96. The zero-order chi connectivity index (χ0) is 19.9. The maximum atomic E-state index is 12.8. The van der Waals surface area contributed by atoms with Gasteiger partial charge in [0.25, 0.3) is 11.8 Å². The number of methoxy groups -OCH3 is 1. The number of hydrogen-bond acceptors (Lipinski definition) is 4. The molecule has 3 rings (SSSR count). The Morgan fingerprint density at radius 1 is 1.11 bits per heavy atom. The molecule has 0 aromatic heterocycles. The Labute approximate surface area is 172 Å². The Morgan fingerprint density at radius 3 is 2.64 bits per heavy atom. The molecule has 1 fully saturated rings. The van der Waals surface area contributed by atoms with Crippen molar-refractivity contribution in [1.29, 1.82) is 0 Å². The summed E-state index contributed by atoms with van der Waals surface area (Å²) < 4.78 is 11.4. The zero-order valence-electron chi connectivity index (χ0n) is 15.7. The SMILES string of the molecule is COCCOc1ccc(Br)cc1C(=O)Nc1cccc(C(=O)N2CCCC2)c1. The molecule has 6 nitrogen and oxygen atoms in total. The fourth-order valence-corrected chi connectivity index (χ4v) is 3.43. The monoisotopic (exact) mass is 446 g/mol. The van der Waals surface area contributed by atoms with Gasteiger partial charge in [-0.3, -0.25) is 9.59 Å². The van der Waals surface area contributed by atoms with Crippen LogP contribution in [0.1, 0.15) is 33.6 Å². The smallest absolute Gasteiger partial charge is 0.259 e. The summed E-state index contributed by atoms with van der Waals surface area (Å²) in [7, 11) is 1.59. The van der Waals surface area contributed by atoms with Crippen LogP contribution in [0.2, 0.25) is 0 Å². The third-order valence-corrected chi connectivity index (χ3v) is 4.99. The van der Waals surface area contributed by atoms with Crippen LogP contribution in [0.4, 0.5) is 5.69 Å². The van der Waals surface area contributed by atoms with Crippen LogP contribution in [0, 0.1) is 0 Å². The van der Waals surface area contributed by atoms with Gasteiger partial charge in [-0.25, -0.2) is 0 Å². The zero-order valence-corrected chi connectivity index (χ0v) is 17.3. The Hall–Kier alpha value is -2.38. The lowest BCUT2D eigenvalue weighted by Gasteiger charge is -2.16. The molecule has 28 heavy (non-hydrogen) atoms. The Morgan fingerprint density at radius 2 is 1.89 bits per heavy atom. The summed E-state index contributed by atoms with van der Waals surface area (Å²) in [5.74, 6) is 0.168. The molecule has 0 radical (unpaired) electrons. The Bertz CT molecular complexity index is 850. The lowest BCUT2D eigenvalue weighted by atomic mass is 10.1. The number of rotatable bonds is 7. The van der Waals surface area contributed by atoms with Gasteiger partial charge in [0, 0.05) is 35.9 Å². The van der Waals surface area contributed by atoms with Gasteiger partial charge in [0.2, 0.25) is 0 Å². The third kappa shape index (κ3) is 5.11. The number of benzene rings is 2. The fraction of sp³-hybridized carbons (Fsp3) is 0.333. The van der Waals surface area contributed by atoms with E-state index in [4.69, 9.17) is 9.47 Å². The third-order valence-electron chi connectivity index (χ3n) is 4.49. The van der Waals surface area contributed by atoms with Crippen LogP contribution in [0.15, 0.2) is 46.9 Å². The van der Waals surface area contributed by atoms with E-state index in [0.29, 0.717) is 35.8 Å². The van der Waals surface area contributed by atoms with Crippen molar-refractivity contribution in [2.24, 2.45) is 0 Å². The topological polar surface area (TPSA) is 67.9 Å². The number of ether oxygens (including phenoxy) is 2. The minimum Gasteiger partial charge on any atom is -0.490 e. The van der Waals surface area contributed by atoms with E-state index >= 15 is 0 Å².